The summed E-state index contributed by atoms with van der Waals surface area (Å²) in [5.74, 6) is -0.165. The van der Waals surface area contributed by atoms with E-state index in [1.807, 2.05) is 19.1 Å². The molecule has 1 aromatic carbocycles. The number of alkyl halides is 3. The second-order valence-corrected chi connectivity index (χ2v) is 4.07. The molecule has 0 heterocycles. The summed E-state index contributed by atoms with van der Waals surface area (Å²) < 4.78 is 37.3. The van der Waals surface area contributed by atoms with Crippen molar-refractivity contribution in [3.63, 3.8) is 0 Å². The topological polar surface area (TPSA) is 52.0 Å². The van der Waals surface area contributed by atoms with Gasteiger partial charge in [-0.1, -0.05) is 24.3 Å². The molecule has 0 bridgehead atoms. The Kier molecular flexibility index (Phi) is 4.93. The molecule has 0 saturated heterocycles. The van der Waals surface area contributed by atoms with Crippen LogP contribution < -0.4 is 11.5 Å². The van der Waals surface area contributed by atoms with Gasteiger partial charge in [0.2, 0.25) is 0 Å². The molecule has 1 aromatic rings. The lowest BCUT2D eigenvalue weighted by atomic mass is 9.91. The van der Waals surface area contributed by atoms with E-state index in [0.717, 1.165) is 17.7 Å². The van der Waals surface area contributed by atoms with Gasteiger partial charge in [0.05, 0.1) is 5.56 Å². The molecule has 0 aliphatic rings. The lowest BCUT2D eigenvalue weighted by Crippen LogP contribution is -2.35. The molecule has 0 fully saturated rings. The van der Waals surface area contributed by atoms with Crippen LogP contribution in [0.3, 0.4) is 0 Å². The van der Waals surface area contributed by atoms with Gasteiger partial charge in [-0.05, 0) is 24.6 Å². The van der Waals surface area contributed by atoms with Crippen LogP contribution >= 0.6 is 0 Å². The van der Waals surface area contributed by atoms with Gasteiger partial charge in [0.25, 0.3) is 0 Å². The van der Waals surface area contributed by atoms with Gasteiger partial charge in [-0.25, -0.2) is 0 Å². The molecule has 0 aliphatic heterocycles. The summed E-state index contributed by atoms with van der Waals surface area (Å²) >= 11 is 0. The first-order valence-electron chi connectivity index (χ1n) is 5.65. The molecule has 0 radical (unpaired) electrons. The number of hydrogen-bond acceptors (Lipinski definition) is 2. The predicted octanol–water partition coefficient (Wildman–Crippen LogP) is 2.65. The first kappa shape index (κ1) is 14.7. The molecule has 0 aromatic heterocycles. The Hall–Kier alpha value is -1.33. The highest BCUT2D eigenvalue weighted by atomic mass is 19.4. The van der Waals surface area contributed by atoms with Gasteiger partial charge >= 0.3 is 6.18 Å². The second-order valence-electron chi connectivity index (χ2n) is 4.07. The quantitative estimate of drug-likeness (QED) is 0.816. The summed E-state index contributed by atoms with van der Waals surface area (Å²) in [6.07, 6.45) is -0.650. The van der Waals surface area contributed by atoms with Crippen LogP contribution in [-0.2, 0) is 6.18 Å². The average Bonchev–Trinajstić information content (AvgIpc) is 2.34. The molecule has 18 heavy (non-hydrogen) atoms. The van der Waals surface area contributed by atoms with E-state index in [4.69, 9.17) is 11.5 Å². The summed E-state index contributed by atoms with van der Waals surface area (Å²) in [5, 5.41) is 0. The predicted molar refractivity (Wildman–Crippen MR) is 66.0 cm³/mol. The minimum absolute atomic E-state index is 0.165. The Bertz CT molecular complexity index is 396. The first-order valence-corrected chi connectivity index (χ1v) is 5.65. The Balaban J connectivity index is 3.01. The SMILES string of the molecule is C/C=C/[C@@H](c1ccc(C(F)(F)F)cc1)[C@H](N)CN. The maximum absolute atomic E-state index is 12.4. The number of allylic oxidation sites excluding steroid dienone is 1. The number of benzene rings is 1. The van der Waals surface area contributed by atoms with Crippen molar-refractivity contribution in [2.75, 3.05) is 6.54 Å². The van der Waals surface area contributed by atoms with Crippen molar-refractivity contribution in [2.24, 2.45) is 11.5 Å². The summed E-state index contributed by atoms with van der Waals surface area (Å²) in [5.41, 5.74) is 11.4. The third-order valence-corrected chi connectivity index (χ3v) is 2.76. The molecule has 5 heteroatoms. The standard InChI is InChI=1S/C13H17F3N2/c1-2-3-11(12(18)8-17)9-4-6-10(7-5-9)13(14,15)16/h2-7,11-12H,8,17-18H2,1H3/b3-2+/t11-,12+/m0/s1. The van der Waals surface area contributed by atoms with Crippen molar-refractivity contribution in [3.8, 4) is 0 Å². The molecular weight excluding hydrogens is 241 g/mol. The van der Waals surface area contributed by atoms with E-state index in [9.17, 15) is 13.2 Å². The van der Waals surface area contributed by atoms with Gasteiger partial charge in [-0.15, -0.1) is 0 Å². The average molecular weight is 258 g/mol. The zero-order valence-corrected chi connectivity index (χ0v) is 10.1. The monoisotopic (exact) mass is 258 g/mol. The maximum Gasteiger partial charge on any atom is 0.416 e. The molecule has 0 amide bonds. The molecule has 100 valence electrons. The minimum Gasteiger partial charge on any atom is -0.329 e. The molecule has 0 unspecified atom stereocenters. The smallest absolute Gasteiger partial charge is 0.329 e. The third-order valence-electron chi connectivity index (χ3n) is 2.76. The number of nitrogens with two attached hydrogens (primary N) is 2. The van der Waals surface area contributed by atoms with E-state index >= 15 is 0 Å². The van der Waals surface area contributed by atoms with Crippen molar-refractivity contribution in [3.05, 3.63) is 47.5 Å². The van der Waals surface area contributed by atoms with Crippen LogP contribution in [0, 0.1) is 0 Å². The van der Waals surface area contributed by atoms with E-state index in [0.29, 0.717) is 0 Å². The van der Waals surface area contributed by atoms with Crippen LogP contribution in [0.5, 0.6) is 0 Å². The summed E-state index contributed by atoms with van der Waals surface area (Å²) in [4.78, 5) is 0. The first-order chi connectivity index (χ1) is 8.40. The van der Waals surface area contributed by atoms with Crippen molar-refractivity contribution < 1.29 is 13.2 Å². The summed E-state index contributed by atoms with van der Waals surface area (Å²) in [7, 11) is 0. The zero-order valence-electron chi connectivity index (χ0n) is 10.1. The van der Waals surface area contributed by atoms with Gasteiger partial charge in [-0.2, -0.15) is 13.2 Å². The summed E-state index contributed by atoms with van der Waals surface area (Å²) in [6.45, 7) is 2.11. The molecule has 1 rings (SSSR count). The Morgan fingerprint density at radius 1 is 1.22 bits per heavy atom. The number of hydrogen-bond donors (Lipinski definition) is 2. The molecule has 4 N–H and O–H groups in total. The van der Waals surface area contributed by atoms with Gasteiger partial charge < -0.3 is 11.5 Å². The molecule has 0 spiro atoms. The van der Waals surface area contributed by atoms with E-state index in [-0.39, 0.29) is 18.5 Å². The van der Waals surface area contributed by atoms with Crippen molar-refractivity contribution in [1.82, 2.24) is 0 Å². The van der Waals surface area contributed by atoms with Crippen LogP contribution in [0.15, 0.2) is 36.4 Å². The Morgan fingerprint density at radius 2 is 1.78 bits per heavy atom. The van der Waals surface area contributed by atoms with Gasteiger partial charge in [0.1, 0.15) is 0 Å². The summed E-state index contributed by atoms with van der Waals surface area (Å²) in [6, 6.07) is 4.72. The zero-order chi connectivity index (χ0) is 13.8. The van der Waals surface area contributed by atoms with E-state index < -0.39 is 11.7 Å². The van der Waals surface area contributed by atoms with E-state index in [2.05, 4.69) is 0 Å². The van der Waals surface area contributed by atoms with Gasteiger partial charge in [-0.3, -0.25) is 0 Å². The highest BCUT2D eigenvalue weighted by molar-refractivity contribution is 5.30. The number of halogens is 3. The van der Waals surface area contributed by atoms with Crippen LogP contribution in [0.1, 0.15) is 24.0 Å². The fourth-order valence-corrected chi connectivity index (χ4v) is 1.75. The maximum atomic E-state index is 12.4. The normalized spacial score (nSPS) is 15.9. The lowest BCUT2D eigenvalue weighted by Gasteiger charge is -2.20. The van der Waals surface area contributed by atoms with Crippen molar-refractivity contribution >= 4 is 0 Å². The largest absolute Gasteiger partial charge is 0.416 e. The van der Waals surface area contributed by atoms with Gasteiger partial charge in [0.15, 0.2) is 0 Å². The fraction of sp³-hybridized carbons (Fsp3) is 0.385. The molecule has 2 atom stereocenters. The minimum atomic E-state index is -4.31. The third kappa shape index (κ3) is 3.58. The Labute approximate surface area is 104 Å². The number of rotatable bonds is 4. The molecule has 0 saturated carbocycles. The molecule has 2 nitrogen and oxygen atoms in total. The van der Waals surface area contributed by atoms with Gasteiger partial charge in [0, 0.05) is 18.5 Å². The van der Waals surface area contributed by atoms with Crippen LogP contribution in [0.4, 0.5) is 13.2 Å². The van der Waals surface area contributed by atoms with Crippen LogP contribution in [0.2, 0.25) is 0 Å². The Morgan fingerprint density at radius 3 is 2.17 bits per heavy atom. The van der Waals surface area contributed by atoms with Crippen LogP contribution in [0.25, 0.3) is 0 Å². The lowest BCUT2D eigenvalue weighted by molar-refractivity contribution is -0.137. The fourth-order valence-electron chi connectivity index (χ4n) is 1.75. The molecule has 0 aliphatic carbocycles. The van der Waals surface area contributed by atoms with Crippen LogP contribution in [-0.4, -0.2) is 12.6 Å². The second kappa shape index (κ2) is 6.02. The van der Waals surface area contributed by atoms with Crippen molar-refractivity contribution in [2.45, 2.75) is 25.1 Å². The highest BCUT2D eigenvalue weighted by Gasteiger charge is 2.30. The molecular formula is C13H17F3N2. The van der Waals surface area contributed by atoms with E-state index in [1.165, 1.54) is 12.1 Å². The van der Waals surface area contributed by atoms with Crippen molar-refractivity contribution in [1.29, 1.82) is 0 Å². The highest BCUT2D eigenvalue weighted by Crippen LogP contribution is 2.30. The van der Waals surface area contributed by atoms with E-state index in [1.54, 1.807) is 0 Å².